The summed E-state index contributed by atoms with van der Waals surface area (Å²) in [6.07, 6.45) is 0. The monoisotopic (exact) mass is 156 g/mol. The van der Waals surface area contributed by atoms with Gasteiger partial charge in [0.15, 0.2) is 0 Å². The van der Waals surface area contributed by atoms with Gasteiger partial charge in [0, 0.05) is 4.90 Å². The molecule has 4 heteroatoms. The zero-order chi connectivity index (χ0) is 7.56. The molecule has 1 aromatic carbocycles. The second-order valence-corrected chi connectivity index (χ2v) is 2.33. The number of nitrogen functional groups attached to an aromatic ring is 1. The third-order valence-electron chi connectivity index (χ3n) is 1.14. The maximum Gasteiger partial charge on any atom is 0.116 e. The highest BCUT2D eigenvalue weighted by Gasteiger charge is 1.95. The van der Waals surface area contributed by atoms with Crippen LogP contribution in [0.25, 0.3) is 0 Å². The van der Waals surface area contributed by atoms with Crippen molar-refractivity contribution in [3.63, 3.8) is 0 Å². The molecule has 0 atom stereocenters. The van der Waals surface area contributed by atoms with Crippen LogP contribution in [0, 0.1) is 0 Å². The van der Waals surface area contributed by atoms with E-state index in [9.17, 15) is 0 Å². The van der Waals surface area contributed by atoms with E-state index in [-0.39, 0.29) is 5.75 Å². The van der Waals surface area contributed by atoms with Crippen molar-refractivity contribution in [1.29, 1.82) is 0 Å². The molecule has 0 aliphatic rings. The van der Waals surface area contributed by atoms with E-state index in [1.807, 2.05) is 0 Å². The molecule has 0 aliphatic carbocycles. The van der Waals surface area contributed by atoms with Gasteiger partial charge in [-0.15, -0.1) is 12.6 Å². The molecule has 0 saturated heterocycles. The predicted octanol–water partition coefficient (Wildman–Crippen LogP) is 0.966. The molecule has 1 rings (SSSR count). The van der Waals surface area contributed by atoms with Crippen LogP contribution in [0.1, 0.15) is 0 Å². The lowest BCUT2D eigenvalue weighted by atomic mass is 10.3. The molecule has 0 fully saturated rings. The Labute approximate surface area is 64.2 Å². The number of nitrogens with two attached hydrogens (primary N) is 1. The molecule has 54 valence electrons. The summed E-state index contributed by atoms with van der Waals surface area (Å²) in [7, 11) is 0. The lowest BCUT2D eigenvalue weighted by Gasteiger charge is -2.02. The van der Waals surface area contributed by atoms with Gasteiger partial charge in [-0.05, 0) is 18.2 Å². The number of anilines is 1. The van der Waals surface area contributed by atoms with Gasteiger partial charge in [-0.3, -0.25) is 5.84 Å². The minimum absolute atomic E-state index is 0.184. The van der Waals surface area contributed by atoms with Gasteiger partial charge in [-0.1, -0.05) is 0 Å². The Balaban J connectivity index is 3.07. The first kappa shape index (κ1) is 7.24. The maximum absolute atomic E-state index is 8.92. The average Bonchev–Trinajstić information content (AvgIpc) is 1.88. The summed E-state index contributed by atoms with van der Waals surface area (Å²) in [5, 5.41) is 8.92. The molecular formula is C6H8N2OS. The number of aromatic hydroxyl groups is 1. The van der Waals surface area contributed by atoms with E-state index >= 15 is 0 Å². The Morgan fingerprint density at radius 1 is 1.50 bits per heavy atom. The quantitative estimate of drug-likeness (QED) is 0.212. The van der Waals surface area contributed by atoms with Crippen molar-refractivity contribution in [2.24, 2.45) is 5.84 Å². The second kappa shape index (κ2) is 2.81. The number of nitrogens with one attached hydrogen (secondary N) is 1. The number of benzene rings is 1. The topological polar surface area (TPSA) is 58.3 Å². The maximum atomic E-state index is 8.92. The molecule has 0 saturated carbocycles. The van der Waals surface area contributed by atoms with Gasteiger partial charge >= 0.3 is 0 Å². The van der Waals surface area contributed by atoms with Crippen LogP contribution in [0.3, 0.4) is 0 Å². The lowest BCUT2D eigenvalue weighted by Crippen LogP contribution is -2.06. The number of rotatable bonds is 1. The predicted molar refractivity (Wildman–Crippen MR) is 43.2 cm³/mol. The molecule has 4 N–H and O–H groups in total. The van der Waals surface area contributed by atoms with Crippen LogP contribution >= 0.6 is 12.6 Å². The molecule has 0 radical (unpaired) electrons. The molecule has 0 spiro atoms. The number of hydrogen-bond acceptors (Lipinski definition) is 4. The van der Waals surface area contributed by atoms with Crippen LogP contribution in [0.5, 0.6) is 5.75 Å². The molecule has 1 aromatic rings. The van der Waals surface area contributed by atoms with Gasteiger partial charge in [0.05, 0.1) is 5.69 Å². The molecule has 0 aliphatic heterocycles. The van der Waals surface area contributed by atoms with Crippen LogP contribution in [-0.4, -0.2) is 5.11 Å². The summed E-state index contributed by atoms with van der Waals surface area (Å²) in [6.45, 7) is 0. The highest BCUT2D eigenvalue weighted by Crippen LogP contribution is 2.22. The van der Waals surface area contributed by atoms with Gasteiger partial charge in [0.2, 0.25) is 0 Å². The minimum atomic E-state index is 0.184. The van der Waals surface area contributed by atoms with Gasteiger partial charge in [0.1, 0.15) is 5.75 Å². The standard InChI is InChI=1S/C6H8N2OS/c7-8-5-2-1-4(9)3-6(5)10/h1-3,8-10H,7H2. The molecule has 0 heterocycles. The summed E-state index contributed by atoms with van der Waals surface area (Å²) < 4.78 is 0. The molecule has 0 amide bonds. The van der Waals surface area contributed by atoms with Gasteiger partial charge in [-0.25, -0.2) is 0 Å². The van der Waals surface area contributed by atoms with Crippen molar-refractivity contribution < 1.29 is 5.11 Å². The largest absolute Gasteiger partial charge is 0.508 e. The van der Waals surface area contributed by atoms with Crippen molar-refractivity contribution in [3.05, 3.63) is 18.2 Å². The van der Waals surface area contributed by atoms with E-state index < -0.39 is 0 Å². The highest BCUT2D eigenvalue weighted by molar-refractivity contribution is 7.80. The van der Waals surface area contributed by atoms with Gasteiger partial charge < -0.3 is 10.5 Å². The van der Waals surface area contributed by atoms with Crippen LogP contribution in [0.4, 0.5) is 5.69 Å². The van der Waals surface area contributed by atoms with Crippen molar-refractivity contribution in [2.45, 2.75) is 4.90 Å². The molecule has 0 aromatic heterocycles. The first-order valence-corrected chi connectivity index (χ1v) is 3.17. The van der Waals surface area contributed by atoms with Crippen molar-refractivity contribution in [1.82, 2.24) is 0 Å². The number of hydrogen-bond donors (Lipinski definition) is 4. The van der Waals surface area contributed by atoms with Crippen molar-refractivity contribution in [2.75, 3.05) is 5.43 Å². The third-order valence-corrected chi connectivity index (χ3v) is 1.51. The summed E-state index contributed by atoms with van der Waals surface area (Å²) in [5.74, 6) is 5.30. The Morgan fingerprint density at radius 3 is 2.70 bits per heavy atom. The Bertz CT molecular complexity index is 239. The van der Waals surface area contributed by atoms with Gasteiger partial charge in [0.25, 0.3) is 0 Å². The van der Waals surface area contributed by atoms with E-state index in [0.29, 0.717) is 10.6 Å². The van der Waals surface area contributed by atoms with Crippen LogP contribution in [-0.2, 0) is 0 Å². The van der Waals surface area contributed by atoms with E-state index in [2.05, 4.69) is 18.1 Å². The zero-order valence-electron chi connectivity index (χ0n) is 5.20. The Morgan fingerprint density at radius 2 is 2.20 bits per heavy atom. The normalized spacial score (nSPS) is 9.40. The smallest absolute Gasteiger partial charge is 0.116 e. The van der Waals surface area contributed by atoms with Crippen molar-refractivity contribution >= 4 is 18.3 Å². The fourth-order valence-electron chi connectivity index (χ4n) is 0.642. The summed E-state index contributed by atoms with van der Waals surface area (Å²) >= 11 is 4.05. The molecule has 0 bridgehead atoms. The fraction of sp³-hybridized carbons (Fsp3) is 0. The Hall–Kier alpha value is -0.870. The summed E-state index contributed by atoms with van der Waals surface area (Å²) in [4.78, 5) is 0.627. The summed E-state index contributed by atoms with van der Waals surface area (Å²) in [6, 6.07) is 4.70. The number of hydrazine groups is 1. The molecular weight excluding hydrogens is 148 g/mol. The second-order valence-electron chi connectivity index (χ2n) is 1.85. The van der Waals surface area contributed by atoms with Crippen LogP contribution < -0.4 is 11.3 Å². The first-order valence-electron chi connectivity index (χ1n) is 2.72. The highest BCUT2D eigenvalue weighted by atomic mass is 32.1. The first-order chi connectivity index (χ1) is 4.74. The fourth-order valence-corrected chi connectivity index (χ4v) is 0.913. The lowest BCUT2D eigenvalue weighted by molar-refractivity contribution is 0.474. The molecule has 0 unspecified atom stereocenters. The Kier molecular flexibility index (Phi) is 2.03. The van der Waals surface area contributed by atoms with E-state index in [0.717, 1.165) is 0 Å². The minimum Gasteiger partial charge on any atom is -0.508 e. The van der Waals surface area contributed by atoms with Gasteiger partial charge in [-0.2, -0.15) is 0 Å². The van der Waals surface area contributed by atoms with Crippen molar-refractivity contribution in [3.8, 4) is 5.75 Å². The number of phenolic OH excluding ortho intramolecular Hbond substituents is 1. The van der Waals surface area contributed by atoms with Crippen LogP contribution in [0.15, 0.2) is 23.1 Å². The zero-order valence-corrected chi connectivity index (χ0v) is 6.10. The van der Waals surface area contributed by atoms with E-state index in [4.69, 9.17) is 10.9 Å². The molecule has 10 heavy (non-hydrogen) atoms. The molecule has 3 nitrogen and oxygen atoms in total. The van der Waals surface area contributed by atoms with Crippen LogP contribution in [0.2, 0.25) is 0 Å². The van der Waals surface area contributed by atoms with E-state index in [1.165, 1.54) is 12.1 Å². The number of thiol groups is 1. The summed E-state index contributed by atoms with van der Waals surface area (Å²) in [5.41, 5.74) is 3.13. The van der Waals surface area contributed by atoms with E-state index in [1.54, 1.807) is 6.07 Å². The third kappa shape index (κ3) is 1.34. The average molecular weight is 156 g/mol. The number of phenols is 1. The SMILES string of the molecule is NNc1ccc(O)cc1S.